The van der Waals surface area contributed by atoms with Gasteiger partial charge < -0.3 is 19.2 Å². The Morgan fingerprint density at radius 2 is 1.85 bits per heavy atom. The molecule has 3 rings (SSSR count). The molecule has 1 aromatic heterocycles. The van der Waals surface area contributed by atoms with Gasteiger partial charge in [0.1, 0.15) is 11.3 Å². The smallest absolute Gasteiger partial charge is 0.339 e. The summed E-state index contributed by atoms with van der Waals surface area (Å²) in [5, 5.41) is 9.92. The number of rotatable bonds is 11. The van der Waals surface area contributed by atoms with Gasteiger partial charge in [0.25, 0.3) is 0 Å². The van der Waals surface area contributed by atoms with Gasteiger partial charge in [0.15, 0.2) is 9.84 Å². The Hall–Kier alpha value is -3.36. The molecule has 0 saturated heterocycles. The minimum Gasteiger partial charge on any atom is -0.495 e. The number of ether oxygens (including phenoxy) is 1. The molecule has 0 spiro atoms. The van der Waals surface area contributed by atoms with E-state index in [1.807, 2.05) is 6.08 Å². The maximum Gasteiger partial charge on any atom is 0.339 e. The van der Waals surface area contributed by atoms with Crippen molar-refractivity contribution in [2.75, 3.05) is 26.7 Å². The summed E-state index contributed by atoms with van der Waals surface area (Å²) in [7, 11) is -2.49. The first-order valence-corrected chi connectivity index (χ1v) is 12.6. The minimum absolute atomic E-state index is 0.0917. The number of nitrogens with zero attached hydrogens (tertiary/aromatic N) is 1. The fourth-order valence-corrected chi connectivity index (χ4v) is 5.42. The largest absolute Gasteiger partial charge is 0.495 e. The lowest BCUT2D eigenvalue weighted by Gasteiger charge is -2.16. The molecule has 0 saturated carbocycles. The molecule has 0 atom stereocenters. The second kappa shape index (κ2) is 11.2. The number of benzene rings is 2. The van der Waals surface area contributed by atoms with Gasteiger partial charge in [0.05, 0.1) is 30.3 Å². The van der Waals surface area contributed by atoms with Gasteiger partial charge in [-0.1, -0.05) is 56.3 Å². The van der Waals surface area contributed by atoms with Crippen LogP contribution < -0.4 is 4.74 Å². The van der Waals surface area contributed by atoms with Gasteiger partial charge in [-0.05, 0) is 36.3 Å². The summed E-state index contributed by atoms with van der Waals surface area (Å²) in [5.41, 5.74) is 1.68. The van der Waals surface area contributed by atoms with Crippen molar-refractivity contribution >= 4 is 21.9 Å². The molecule has 1 N–H and O–H groups in total. The van der Waals surface area contributed by atoms with Crippen molar-refractivity contribution < 1.29 is 27.5 Å². The van der Waals surface area contributed by atoms with Crippen LogP contribution in [0.4, 0.5) is 0 Å². The predicted octanol–water partition coefficient (Wildman–Crippen LogP) is 4.98. The van der Waals surface area contributed by atoms with Gasteiger partial charge in [0, 0.05) is 17.7 Å². The van der Waals surface area contributed by atoms with Crippen molar-refractivity contribution in [1.29, 1.82) is 0 Å². The lowest BCUT2D eigenvalue weighted by molar-refractivity contribution is 0.0692. The van der Waals surface area contributed by atoms with Crippen molar-refractivity contribution in [1.82, 2.24) is 4.90 Å². The molecule has 0 amide bonds. The van der Waals surface area contributed by atoms with Gasteiger partial charge in [-0.3, -0.25) is 0 Å². The van der Waals surface area contributed by atoms with Crippen LogP contribution in [0.25, 0.3) is 17.2 Å². The van der Waals surface area contributed by atoms with Gasteiger partial charge in [-0.2, -0.15) is 0 Å². The van der Waals surface area contributed by atoms with E-state index < -0.39 is 21.6 Å². The van der Waals surface area contributed by atoms with E-state index >= 15 is 0 Å². The quantitative estimate of drug-likeness (QED) is 0.411. The first kappa shape index (κ1) is 25.3. The van der Waals surface area contributed by atoms with E-state index in [9.17, 15) is 18.3 Å². The first-order valence-electron chi connectivity index (χ1n) is 11.0. The van der Waals surface area contributed by atoms with E-state index in [-0.39, 0.29) is 21.8 Å². The third-order valence-electron chi connectivity index (χ3n) is 5.65. The van der Waals surface area contributed by atoms with Crippen LogP contribution in [0.2, 0.25) is 0 Å². The van der Waals surface area contributed by atoms with Crippen LogP contribution in [0, 0.1) is 0 Å². The van der Waals surface area contributed by atoms with Crippen molar-refractivity contribution in [3.05, 3.63) is 77.8 Å². The molecule has 0 aliphatic carbocycles. The van der Waals surface area contributed by atoms with Crippen LogP contribution in [-0.4, -0.2) is 51.1 Å². The summed E-state index contributed by atoms with van der Waals surface area (Å²) < 4.78 is 37.4. The molecule has 3 aromatic rings. The maximum atomic E-state index is 13.4. The van der Waals surface area contributed by atoms with E-state index in [2.05, 4.69) is 18.7 Å². The average Bonchev–Trinajstić information content (AvgIpc) is 3.36. The second-order valence-corrected chi connectivity index (χ2v) is 9.64. The third-order valence-corrected chi connectivity index (χ3v) is 7.38. The van der Waals surface area contributed by atoms with E-state index in [4.69, 9.17) is 9.15 Å². The minimum atomic E-state index is -3.86. The highest BCUT2D eigenvalue weighted by molar-refractivity contribution is 7.90. The molecule has 1 heterocycles. The number of carbonyl (C=O) groups is 1. The summed E-state index contributed by atoms with van der Waals surface area (Å²) in [6, 6.07) is 11.6. The van der Waals surface area contributed by atoms with E-state index in [1.54, 1.807) is 42.5 Å². The number of hydrogen-bond donors (Lipinski definition) is 1. The van der Waals surface area contributed by atoms with Crippen LogP contribution >= 0.6 is 0 Å². The predicted molar refractivity (Wildman–Crippen MR) is 132 cm³/mol. The topological polar surface area (TPSA) is 97.0 Å². The zero-order chi connectivity index (χ0) is 24.7. The molecule has 0 unspecified atom stereocenters. The average molecular weight is 484 g/mol. The Bertz CT molecular complexity index is 1260. The molecule has 0 bridgehead atoms. The standard InChI is InChI=1S/C26H29NO6S/c1-4-27(5-2)15-8-10-19-9-6-7-11-23(19)34(30,31)18-21-12-13-22(20-14-16-33-17-20)25(32-3)24(21)26(28)29/h6-14,16-17H,4-5,15,18H2,1-3H3,(H,28,29)/b10-8+. The molecule has 2 aromatic carbocycles. The van der Waals surface area contributed by atoms with E-state index in [0.717, 1.165) is 13.1 Å². The van der Waals surface area contributed by atoms with Gasteiger partial charge in [0.2, 0.25) is 0 Å². The Morgan fingerprint density at radius 1 is 1.12 bits per heavy atom. The Morgan fingerprint density at radius 3 is 2.47 bits per heavy atom. The number of sulfone groups is 1. The molecular weight excluding hydrogens is 454 g/mol. The van der Waals surface area contributed by atoms with Gasteiger partial charge in [-0.15, -0.1) is 0 Å². The number of methoxy groups -OCH3 is 1. The fourth-order valence-electron chi connectivity index (χ4n) is 3.83. The first-order chi connectivity index (χ1) is 16.3. The van der Waals surface area contributed by atoms with Crippen molar-refractivity contribution in [3.8, 4) is 16.9 Å². The highest BCUT2D eigenvalue weighted by Gasteiger charge is 2.26. The van der Waals surface area contributed by atoms with E-state index in [1.165, 1.54) is 25.7 Å². The molecular formula is C26H29NO6S. The lowest BCUT2D eigenvalue weighted by Crippen LogP contribution is -2.22. The van der Waals surface area contributed by atoms with Crippen LogP contribution in [0.3, 0.4) is 0 Å². The van der Waals surface area contributed by atoms with Crippen molar-refractivity contribution in [2.24, 2.45) is 0 Å². The van der Waals surface area contributed by atoms with Gasteiger partial charge >= 0.3 is 5.97 Å². The van der Waals surface area contributed by atoms with Gasteiger partial charge in [-0.25, -0.2) is 13.2 Å². The number of carboxylic acids is 1. The summed E-state index contributed by atoms with van der Waals surface area (Å²) >= 11 is 0. The molecule has 7 nitrogen and oxygen atoms in total. The third kappa shape index (κ3) is 5.58. The van der Waals surface area contributed by atoms with Crippen LogP contribution in [0.1, 0.15) is 35.3 Å². The summed E-state index contributed by atoms with van der Waals surface area (Å²) in [6.07, 6.45) is 6.68. The Labute approximate surface area is 200 Å². The van der Waals surface area contributed by atoms with E-state index in [0.29, 0.717) is 23.2 Å². The second-order valence-electron chi connectivity index (χ2n) is 7.68. The molecule has 8 heteroatoms. The molecule has 0 aliphatic rings. The Kier molecular flexibility index (Phi) is 8.31. The fraction of sp³-hybridized carbons (Fsp3) is 0.269. The summed E-state index contributed by atoms with van der Waals surface area (Å²) in [4.78, 5) is 14.5. The highest BCUT2D eigenvalue weighted by atomic mass is 32.2. The molecule has 180 valence electrons. The summed E-state index contributed by atoms with van der Waals surface area (Å²) in [6.45, 7) is 6.64. The Balaban J connectivity index is 2.00. The zero-order valence-electron chi connectivity index (χ0n) is 19.5. The maximum absolute atomic E-state index is 13.4. The number of aromatic carboxylic acids is 1. The van der Waals surface area contributed by atoms with Crippen molar-refractivity contribution in [3.63, 3.8) is 0 Å². The number of furan rings is 1. The molecule has 0 radical (unpaired) electrons. The number of likely N-dealkylation sites (N-methyl/N-ethyl adjacent to an activating group) is 1. The van der Waals surface area contributed by atoms with Crippen LogP contribution in [0.5, 0.6) is 5.75 Å². The number of carboxylic acid groups (broad SMARTS) is 1. The van der Waals surface area contributed by atoms with Crippen LogP contribution in [0.15, 0.2) is 70.4 Å². The molecule has 0 fully saturated rings. The molecule has 34 heavy (non-hydrogen) atoms. The zero-order valence-corrected chi connectivity index (χ0v) is 20.3. The highest BCUT2D eigenvalue weighted by Crippen LogP contribution is 2.37. The van der Waals surface area contributed by atoms with Crippen LogP contribution in [-0.2, 0) is 15.6 Å². The lowest BCUT2D eigenvalue weighted by atomic mass is 9.99. The summed E-state index contributed by atoms with van der Waals surface area (Å²) in [5.74, 6) is -1.65. The van der Waals surface area contributed by atoms with Crippen molar-refractivity contribution in [2.45, 2.75) is 24.5 Å². The normalized spacial score (nSPS) is 11.9. The monoisotopic (exact) mass is 483 g/mol. The SMILES string of the molecule is CCN(CC)C/C=C/c1ccccc1S(=O)(=O)Cc1ccc(-c2ccoc2)c(OC)c1C(=O)O. The molecule has 0 aliphatic heterocycles. The number of hydrogen-bond acceptors (Lipinski definition) is 6.